The van der Waals surface area contributed by atoms with Gasteiger partial charge in [0.25, 0.3) is 0 Å². The fourth-order valence-electron chi connectivity index (χ4n) is 0.940. The van der Waals surface area contributed by atoms with Crippen LogP contribution in [-0.2, 0) is 0 Å². The molecule has 0 unspecified atom stereocenters. The summed E-state index contributed by atoms with van der Waals surface area (Å²) >= 11 is 10.8. The molecule has 5 heteroatoms. The van der Waals surface area contributed by atoms with Gasteiger partial charge in [-0.15, -0.1) is 0 Å². The summed E-state index contributed by atoms with van der Waals surface area (Å²) in [6.07, 6.45) is 0.433. The second-order valence-corrected chi connectivity index (χ2v) is 3.64. The minimum absolute atomic E-state index is 0.433. The van der Waals surface area contributed by atoms with Gasteiger partial charge in [0, 0.05) is 17.3 Å². The average Bonchev–Trinajstić information content (AvgIpc) is 2.22. The Morgan fingerprint density at radius 2 is 2.07 bits per heavy atom. The molecule has 0 saturated carbocycles. The Kier molecular flexibility index (Phi) is 4.88. The lowest BCUT2D eigenvalue weighted by atomic mass is 10.3. The van der Waals surface area contributed by atoms with Gasteiger partial charge >= 0.3 is 0 Å². The minimum atomic E-state index is 0.433. The van der Waals surface area contributed by atoms with Gasteiger partial charge in [-0.25, -0.2) is 0 Å². The van der Waals surface area contributed by atoms with Crippen molar-refractivity contribution in [2.75, 3.05) is 11.9 Å². The van der Waals surface area contributed by atoms with Crippen molar-refractivity contribution in [2.45, 2.75) is 6.42 Å². The summed E-state index contributed by atoms with van der Waals surface area (Å²) < 4.78 is 0. The van der Waals surface area contributed by atoms with Crippen molar-refractivity contribution in [3.8, 4) is 6.07 Å². The lowest BCUT2D eigenvalue weighted by Crippen LogP contribution is -2.28. The van der Waals surface area contributed by atoms with E-state index in [0.29, 0.717) is 23.1 Å². The zero-order valence-electron chi connectivity index (χ0n) is 7.96. The van der Waals surface area contributed by atoms with E-state index >= 15 is 0 Å². The van der Waals surface area contributed by atoms with Crippen LogP contribution in [0.3, 0.4) is 0 Å². The number of benzene rings is 1. The molecule has 0 heterocycles. The van der Waals surface area contributed by atoms with Crippen LogP contribution in [0.1, 0.15) is 6.42 Å². The highest BCUT2D eigenvalue weighted by atomic mass is 35.5. The second kappa shape index (κ2) is 6.23. The van der Waals surface area contributed by atoms with Crippen LogP contribution in [0.2, 0.25) is 5.02 Å². The first-order valence-electron chi connectivity index (χ1n) is 4.40. The molecule has 0 fully saturated rings. The molecule has 0 atom stereocenters. The Morgan fingerprint density at radius 3 is 2.67 bits per heavy atom. The molecule has 0 radical (unpaired) electrons. The molecule has 0 bridgehead atoms. The average molecular weight is 240 g/mol. The van der Waals surface area contributed by atoms with Crippen LogP contribution < -0.4 is 10.6 Å². The van der Waals surface area contributed by atoms with Crippen LogP contribution in [0, 0.1) is 11.3 Å². The van der Waals surface area contributed by atoms with Crippen molar-refractivity contribution in [1.82, 2.24) is 5.32 Å². The van der Waals surface area contributed by atoms with Crippen molar-refractivity contribution < 1.29 is 0 Å². The molecule has 2 N–H and O–H groups in total. The first-order valence-corrected chi connectivity index (χ1v) is 5.18. The predicted molar refractivity (Wildman–Crippen MR) is 65.9 cm³/mol. The number of rotatable bonds is 3. The first kappa shape index (κ1) is 11.8. The zero-order valence-corrected chi connectivity index (χ0v) is 9.53. The molecule has 1 aromatic rings. The fourth-order valence-corrected chi connectivity index (χ4v) is 1.29. The summed E-state index contributed by atoms with van der Waals surface area (Å²) in [6, 6.07) is 9.25. The minimum Gasteiger partial charge on any atom is -0.361 e. The molecule has 0 aliphatic rings. The number of hydrogen-bond acceptors (Lipinski definition) is 2. The number of halogens is 1. The third-order valence-corrected chi connectivity index (χ3v) is 2.12. The van der Waals surface area contributed by atoms with Crippen LogP contribution in [0.25, 0.3) is 0 Å². The van der Waals surface area contributed by atoms with Crippen LogP contribution >= 0.6 is 23.8 Å². The Labute approximate surface area is 99.0 Å². The van der Waals surface area contributed by atoms with E-state index in [1.807, 2.05) is 18.2 Å². The monoisotopic (exact) mass is 239 g/mol. The Bertz CT molecular complexity index is 369. The normalized spacial score (nSPS) is 9.07. The molecular formula is C10H10ClN3S. The van der Waals surface area contributed by atoms with Gasteiger partial charge in [-0.1, -0.05) is 11.6 Å². The van der Waals surface area contributed by atoms with E-state index in [0.717, 1.165) is 5.69 Å². The fraction of sp³-hybridized carbons (Fsp3) is 0.200. The Hall–Kier alpha value is -1.31. The van der Waals surface area contributed by atoms with E-state index in [-0.39, 0.29) is 0 Å². The Balaban J connectivity index is 2.38. The van der Waals surface area contributed by atoms with Gasteiger partial charge in [-0.2, -0.15) is 5.26 Å². The second-order valence-electron chi connectivity index (χ2n) is 2.80. The Morgan fingerprint density at radius 1 is 1.40 bits per heavy atom. The number of nitrogens with zero attached hydrogens (tertiary/aromatic N) is 1. The number of thiocarbonyl (C=S) groups is 1. The van der Waals surface area contributed by atoms with Gasteiger partial charge in [0.2, 0.25) is 0 Å². The summed E-state index contributed by atoms with van der Waals surface area (Å²) in [4.78, 5) is 0. The van der Waals surface area contributed by atoms with Crippen LogP contribution in [-0.4, -0.2) is 11.7 Å². The summed E-state index contributed by atoms with van der Waals surface area (Å²) in [6.45, 7) is 0.552. The molecule has 78 valence electrons. The molecule has 3 nitrogen and oxygen atoms in total. The maximum atomic E-state index is 8.33. The van der Waals surface area contributed by atoms with Crippen LogP contribution in [0.15, 0.2) is 24.3 Å². The lowest BCUT2D eigenvalue weighted by Gasteiger charge is -2.08. The number of nitriles is 1. The van der Waals surface area contributed by atoms with Gasteiger partial charge in [0.1, 0.15) is 0 Å². The van der Waals surface area contributed by atoms with E-state index in [9.17, 15) is 0 Å². The molecule has 1 aromatic carbocycles. The van der Waals surface area contributed by atoms with Crippen molar-refractivity contribution in [3.05, 3.63) is 29.3 Å². The highest BCUT2D eigenvalue weighted by Crippen LogP contribution is 2.12. The largest absolute Gasteiger partial charge is 0.361 e. The van der Waals surface area contributed by atoms with Gasteiger partial charge < -0.3 is 10.6 Å². The van der Waals surface area contributed by atoms with Gasteiger partial charge in [0.05, 0.1) is 12.5 Å². The van der Waals surface area contributed by atoms with E-state index in [2.05, 4.69) is 10.6 Å². The number of nitrogens with one attached hydrogen (secondary N) is 2. The maximum absolute atomic E-state index is 8.33. The maximum Gasteiger partial charge on any atom is 0.170 e. The molecular weight excluding hydrogens is 230 g/mol. The van der Waals surface area contributed by atoms with Crippen molar-refractivity contribution in [1.29, 1.82) is 5.26 Å². The highest BCUT2D eigenvalue weighted by molar-refractivity contribution is 7.80. The van der Waals surface area contributed by atoms with Crippen LogP contribution in [0.4, 0.5) is 5.69 Å². The molecule has 0 amide bonds. The van der Waals surface area contributed by atoms with E-state index in [1.54, 1.807) is 12.1 Å². The first-order chi connectivity index (χ1) is 7.22. The molecule has 0 aromatic heterocycles. The quantitative estimate of drug-likeness (QED) is 0.629. The van der Waals surface area contributed by atoms with Crippen molar-refractivity contribution >= 4 is 34.6 Å². The van der Waals surface area contributed by atoms with Crippen LogP contribution in [0.5, 0.6) is 0 Å². The number of hydrogen-bond donors (Lipinski definition) is 2. The van der Waals surface area contributed by atoms with Crippen molar-refractivity contribution in [2.24, 2.45) is 0 Å². The van der Waals surface area contributed by atoms with Gasteiger partial charge in [0.15, 0.2) is 5.11 Å². The molecule has 1 rings (SSSR count). The molecule has 15 heavy (non-hydrogen) atoms. The smallest absolute Gasteiger partial charge is 0.170 e. The van der Waals surface area contributed by atoms with E-state index < -0.39 is 0 Å². The summed E-state index contributed by atoms with van der Waals surface area (Å²) in [7, 11) is 0. The highest BCUT2D eigenvalue weighted by Gasteiger charge is 1.96. The van der Waals surface area contributed by atoms with Crippen molar-refractivity contribution in [3.63, 3.8) is 0 Å². The summed E-state index contributed by atoms with van der Waals surface area (Å²) in [5, 5.41) is 15.4. The molecule has 0 aliphatic carbocycles. The van der Waals surface area contributed by atoms with E-state index in [4.69, 9.17) is 29.1 Å². The predicted octanol–water partition coefficient (Wildman–Crippen LogP) is 2.54. The van der Waals surface area contributed by atoms with E-state index in [1.165, 1.54) is 0 Å². The van der Waals surface area contributed by atoms with Gasteiger partial charge in [-0.3, -0.25) is 0 Å². The third kappa shape index (κ3) is 4.63. The zero-order chi connectivity index (χ0) is 11.1. The summed E-state index contributed by atoms with van der Waals surface area (Å²) in [5.41, 5.74) is 0.869. The number of anilines is 1. The third-order valence-electron chi connectivity index (χ3n) is 1.62. The summed E-state index contributed by atoms with van der Waals surface area (Å²) in [5.74, 6) is 0. The molecule has 0 spiro atoms. The topological polar surface area (TPSA) is 47.9 Å². The van der Waals surface area contributed by atoms with Gasteiger partial charge in [-0.05, 0) is 36.5 Å². The molecule has 0 aliphatic heterocycles. The standard InChI is InChI=1S/C10H10ClN3S/c11-8-2-4-9(5-3-8)14-10(15)13-7-1-6-12/h2-5H,1,7H2,(H2,13,14,15). The molecule has 0 saturated heterocycles. The SMILES string of the molecule is N#CCCNC(=S)Nc1ccc(Cl)cc1. The lowest BCUT2D eigenvalue weighted by molar-refractivity contribution is 0.905.